The maximum atomic E-state index is 13.2. The molecule has 0 saturated heterocycles. The van der Waals surface area contributed by atoms with Crippen LogP contribution < -0.4 is 5.32 Å². The zero-order valence-electron chi connectivity index (χ0n) is 17.1. The number of nitrogens with one attached hydrogen (secondary N) is 1. The van der Waals surface area contributed by atoms with Crippen LogP contribution in [0.2, 0.25) is 0 Å². The van der Waals surface area contributed by atoms with Crippen LogP contribution in [0, 0.1) is 20.8 Å². The second-order valence-corrected chi connectivity index (χ2v) is 7.46. The molecule has 7 nitrogen and oxygen atoms in total. The molecule has 0 fully saturated rings. The Morgan fingerprint density at radius 2 is 2.00 bits per heavy atom. The van der Waals surface area contributed by atoms with Gasteiger partial charge in [0.05, 0.1) is 34.6 Å². The van der Waals surface area contributed by atoms with Gasteiger partial charge in [-0.25, -0.2) is 4.98 Å². The summed E-state index contributed by atoms with van der Waals surface area (Å²) in [6, 6.07) is 7.86. The summed E-state index contributed by atoms with van der Waals surface area (Å²) >= 11 is 0. The van der Waals surface area contributed by atoms with Crippen molar-refractivity contribution in [3.8, 4) is 11.3 Å². The van der Waals surface area contributed by atoms with Crippen molar-refractivity contribution in [1.82, 2.24) is 25.2 Å². The highest BCUT2D eigenvalue weighted by molar-refractivity contribution is 6.07. The quantitative estimate of drug-likeness (QED) is 0.569. The van der Waals surface area contributed by atoms with Gasteiger partial charge in [-0.3, -0.25) is 9.48 Å². The zero-order valence-corrected chi connectivity index (χ0v) is 17.1. The molecule has 0 saturated carbocycles. The molecule has 0 aliphatic carbocycles. The molecule has 0 spiro atoms. The molecule has 148 valence electrons. The van der Waals surface area contributed by atoms with E-state index in [9.17, 15) is 4.79 Å². The maximum absolute atomic E-state index is 13.2. The number of aryl methyl sites for hydroxylation is 4. The first-order chi connectivity index (χ1) is 13.8. The van der Waals surface area contributed by atoms with E-state index in [-0.39, 0.29) is 11.9 Å². The normalized spacial score (nSPS) is 12.3. The Labute approximate surface area is 168 Å². The van der Waals surface area contributed by atoms with Crippen LogP contribution in [0.25, 0.3) is 22.4 Å². The van der Waals surface area contributed by atoms with Crippen LogP contribution in [0.1, 0.15) is 45.7 Å². The summed E-state index contributed by atoms with van der Waals surface area (Å²) in [5.41, 5.74) is 6.32. The fourth-order valence-electron chi connectivity index (χ4n) is 3.64. The molecule has 4 rings (SSSR count). The maximum Gasteiger partial charge on any atom is 0.259 e. The highest BCUT2D eigenvalue weighted by atomic mass is 16.5. The predicted octanol–water partition coefficient (Wildman–Crippen LogP) is 4.04. The number of amides is 1. The number of carbonyl (C=O) groups is 1. The highest BCUT2D eigenvalue weighted by Crippen LogP contribution is 2.27. The van der Waals surface area contributed by atoms with E-state index in [0.717, 1.165) is 16.7 Å². The molecule has 0 aliphatic heterocycles. The van der Waals surface area contributed by atoms with E-state index in [1.54, 1.807) is 16.9 Å². The van der Waals surface area contributed by atoms with Gasteiger partial charge in [0.25, 0.3) is 11.6 Å². The van der Waals surface area contributed by atoms with Crippen molar-refractivity contribution in [1.29, 1.82) is 0 Å². The van der Waals surface area contributed by atoms with Crippen molar-refractivity contribution < 1.29 is 9.32 Å². The Hall–Kier alpha value is -3.48. The van der Waals surface area contributed by atoms with Crippen LogP contribution in [0.3, 0.4) is 0 Å². The molecule has 4 aromatic rings. The van der Waals surface area contributed by atoms with Crippen LogP contribution in [0.15, 0.2) is 41.2 Å². The van der Waals surface area contributed by atoms with Crippen molar-refractivity contribution in [2.24, 2.45) is 7.05 Å². The lowest BCUT2D eigenvalue weighted by Crippen LogP contribution is -2.27. The molecule has 1 atom stereocenters. The number of hydrogen-bond acceptors (Lipinski definition) is 5. The lowest BCUT2D eigenvalue weighted by Gasteiger charge is -2.17. The fraction of sp³-hybridized carbons (Fsp3) is 0.273. The lowest BCUT2D eigenvalue weighted by atomic mass is 9.99. The Bertz CT molecular complexity index is 1220. The molecule has 1 N–H and O–H groups in total. The van der Waals surface area contributed by atoms with Gasteiger partial charge in [0.15, 0.2) is 0 Å². The van der Waals surface area contributed by atoms with Gasteiger partial charge in [0, 0.05) is 18.8 Å². The van der Waals surface area contributed by atoms with Gasteiger partial charge in [-0.2, -0.15) is 5.10 Å². The zero-order chi connectivity index (χ0) is 20.7. The lowest BCUT2D eigenvalue weighted by molar-refractivity contribution is 0.0941. The van der Waals surface area contributed by atoms with Gasteiger partial charge in [-0.05, 0) is 44.9 Å². The first kappa shape index (κ1) is 18.9. The molecular formula is C22H23N5O2. The summed E-state index contributed by atoms with van der Waals surface area (Å²) in [5, 5.41) is 11.9. The second-order valence-electron chi connectivity index (χ2n) is 7.46. The minimum absolute atomic E-state index is 0.145. The van der Waals surface area contributed by atoms with Crippen molar-refractivity contribution >= 4 is 17.0 Å². The standard InChI is InChI=1S/C22H23N5O2/c1-12-6-7-17(13(2)8-12)14(3)24-21(28)18-9-19(16-10-23-27(5)11-16)25-22-20(18)15(4)26-29-22/h6-11,14H,1-5H3,(H,24,28)/t14-/m0/s1. The van der Waals surface area contributed by atoms with Crippen LogP contribution in [0.4, 0.5) is 0 Å². The van der Waals surface area contributed by atoms with Gasteiger partial charge < -0.3 is 9.84 Å². The third-order valence-corrected chi connectivity index (χ3v) is 5.10. The summed E-state index contributed by atoms with van der Waals surface area (Å²) < 4.78 is 7.05. The van der Waals surface area contributed by atoms with Gasteiger partial charge in [0.2, 0.25) is 0 Å². The van der Waals surface area contributed by atoms with Crippen molar-refractivity contribution in [2.45, 2.75) is 33.7 Å². The number of rotatable bonds is 4. The summed E-state index contributed by atoms with van der Waals surface area (Å²) in [6.07, 6.45) is 3.55. The third-order valence-electron chi connectivity index (χ3n) is 5.10. The van der Waals surface area contributed by atoms with Crippen molar-refractivity contribution in [2.75, 3.05) is 0 Å². The van der Waals surface area contributed by atoms with Gasteiger partial charge in [0.1, 0.15) is 0 Å². The Morgan fingerprint density at radius 3 is 2.69 bits per heavy atom. The molecule has 7 heteroatoms. The smallest absolute Gasteiger partial charge is 0.259 e. The molecule has 3 aromatic heterocycles. The van der Waals surface area contributed by atoms with E-state index in [1.165, 1.54) is 5.56 Å². The Morgan fingerprint density at radius 1 is 1.21 bits per heavy atom. The number of hydrogen-bond donors (Lipinski definition) is 1. The average molecular weight is 389 g/mol. The molecule has 1 aromatic carbocycles. The Kier molecular flexibility index (Phi) is 4.66. The minimum atomic E-state index is -0.193. The van der Waals surface area contributed by atoms with Gasteiger partial charge in [-0.1, -0.05) is 28.9 Å². The summed E-state index contributed by atoms with van der Waals surface area (Å²) in [7, 11) is 1.83. The first-order valence-electron chi connectivity index (χ1n) is 9.47. The van der Waals surface area contributed by atoms with E-state index in [2.05, 4.69) is 52.6 Å². The SMILES string of the molecule is Cc1ccc([C@H](C)NC(=O)c2cc(-c3cnn(C)c3)nc3onc(C)c23)c(C)c1. The van der Waals surface area contributed by atoms with Crippen LogP contribution in [0.5, 0.6) is 0 Å². The van der Waals surface area contributed by atoms with Crippen molar-refractivity contribution in [3.63, 3.8) is 0 Å². The predicted molar refractivity (Wildman–Crippen MR) is 111 cm³/mol. The number of carbonyl (C=O) groups excluding carboxylic acids is 1. The van der Waals surface area contributed by atoms with Gasteiger partial charge >= 0.3 is 0 Å². The average Bonchev–Trinajstić information content (AvgIpc) is 3.27. The number of aromatic nitrogens is 4. The van der Waals surface area contributed by atoms with Crippen LogP contribution >= 0.6 is 0 Å². The Balaban J connectivity index is 1.73. The molecule has 0 radical (unpaired) electrons. The highest BCUT2D eigenvalue weighted by Gasteiger charge is 2.21. The van der Waals surface area contributed by atoms with Crippen LogP contribution in [-0.2, 0) is 7.05 Å². The van der Waals surface area contributed by atoms with Gasteiger partial charge in [-0.15, -0.1) is 0 Å². The van der Waals surface area contributed by atoms with E-state index in [4.69, 9.17) is 4.52 Å². The molecule has 0 aliphatic rings. The van der Waals surface area contributed by atoms with E-state index < -0.39 is 0 Å². The van der Waals surface area contributed by atoms with Crippen molar-refractivity contribution in [3.05, 3.63) is 64.6 Å². The monoisotopic (exact) mass is 389 g/mol. The summed E-state index contributed by atoms with van der Waals surface area (Å²) in [6.45, 7) is 7.90. The molecule has 0 bridgehead atoms. The molecule has 29 heavy (non-hydrogen) atoms. The van der Waals surface area contributed by atoms with E-state index >= 15 is 0 Å². The van der Waals surface area contributed by atoms with E-state index in [0.29, 0.717) is 28.1 Å². The molecule has 3 heterocycles. The van der Waals surface area contributed by atoms with E-state index in [1.807, 2.05) is 27.1 Å². The first-order valence-corrected chi connectivity index (χ1v) is 9.47. The summed E-state index contributed by atoms with van der Waals surface area (Å²) in [5.74, 6) is -0.193. The topological polar surface area (TPSA) is 85.8 Å². The number of nitrogens with zero attached hydrogens (tertiary/aromatic N) is 4. The molecule has 1 amide bonds. The minimum Gasteiger partial charge on any atom is -0.345 e. The summed E-state index contributed by atoms with van der Waals surface area (Å²) in [4.78, 5) is 17.8. The molecular weight excluding hydrogens is 366 g/mol. The van der Waals surface area contributed by atoms with Crippen LogP contribution in [-0.4, -0.2) is 25.8 Å². The third kappa shape index (κ3) is 3.51. The second kappa shape index (κ2) is 7.16. The number of pyridine rings is 1. The molecule has 0 unspecified atom stereocenters. The fourth-order valence-corrected chi connectivity index (χ4v) is 3.64. The largest absolute Gasteiger partial charge is 0.345 e. The number of benzene rings is 1. The number of fused-ring (bicyclic) bond motifs is 1.